The highest BCUT2D eigenvalue weighted by molar-refractivity contribution is 5.91. The molecule has 0 unspecified atom stereocenters. The molecule has 0 saturated heterocycles. The molecule has 0 spiro atoms. The Hall–Kier alpha value is -1.67. The molecule has 2 nitrogen and oxygen atoms in total. The molecule has 0 aliphatic carbocycles. The Morgan fingerprint density at radius 2 is 2.00 bits per heavy atom. The summed E-state index contributed by atoms with van der Waals surface area (Å²) in [6.07, 6.45) is 0.797. The maximum absolute atomic E-state index is 10.6. The van der Waals surface area contributed by atoms with E-state index in [-0.39, 0.29) is 6.61 Å². The fourth-order valence-electron chi connectivity index (χ4n) is 1.61. The van der Waals surface area contributed by atoms with E-state index < -0.39 is 0 Å². The Bertz CT molecular complexity index is 475. The molecule has 0 bridgehead atoms. The van der Waals surface area contributed by atoms with Crippen molar-refractivity contribution in [2.45, 2.75) is 6.61 Å². The van der Waals surface area contributed by atoms with Gasteiger partial charge in [0.25, 0.3) is 0 Å². The lowest BCUT2D eigenvalue weighted by Gasteiger charge is -2.04. The first-order valence-corrected chi connectivity index (χ1v) is 4.43. The largest absolute Gasteiger partial charge is 0.392 e. The Kier molecular flexibility index (Phi) is 2.29. The van der Waals surface area contributed by atoms with Crippen LogP contribution in [0.4, 0.5) is 0 Å². The van der Waals surface area contributed by atoms with Crippen LogP contribution in [0.3, 0.4) is 0 Å². The van der Waals surface area contributed by atoms with Gasteiger partial charge in [-0.2, -0.15) is 0 Å². The standard InChI is InChI=1S/C12H10O2/c13-7-9-5-10-3-1-2-4-12(10)11(6-9)8-14/h1-7,14H,8H2. The second-order valence-corrected chi connectivity index (χ2v) is 3.18. The van der Waals surface area contributed by atoms with E-state index in [4.69, 9.17) is 5.11 Å². The van der Waals surface area contributed by atoms with Crippen LogP contribution in [-0.4, -0.2) is 11.4 Å². The summed E-state index contributed by atoms with van der Waals surface area (Å²) >= 11 is 0. The third-order valence-electron chi connectivity index (χ3n) is 2.28. The van der Waals surface area contributed by atoms with Gasteiger partial charge in [-0.1, -0.05) is 24.3 Å². The van der Waals surface area contributed by atoms with E-state index in [1.807, 2.05) is 30.3 Å². The number of aliphatic hydroxyl groups excluding tert-OH is 1. The molecule has 1 N–H and O–H groups in total. The van der Waals surface area contributed by atoms with Crippen molar-refractivity contribution >= 4 is 17.1 Å². The van der Waals surface area contributed by atoms with Crippen molar-refractivity contribution in [3.05, 3.63) is 47.5 Å². The van der Waals surface area contributed by atoms with Crippen LogP contribution in [0.1, 0.15) is 15.9 Å². The van der Waals surface area contributed by atoms with Crippen LogP contribution in [0.5, 0.6) is 0 Å². The number of rotatable bonds is 2. The van der Waals surface area contributed by atoms with Gasteiger partial charge < -0.3 is 5.11 Å². The third-order valence-corrected chi connectivity index (χ3v) is 2.28. The van der Waals surface area contributed by atoms with Crippen molar-refractivity contribution < 1.29 is 9.90 Å². The maximum Gasteiger partial charge on any atom is 0.150 e. The lowest BCUT2D eigenvalue weighted by molar-refractivity contribution is 0.112. The molecule has 0 heterocycles. The average molecular weight is 186 g/mol. The average Bonchev–Trinajstić information content (AvgIpc) is 2.27. The summed E-state index contributed by atoms with van der Waals surface area (Å²) in [5, 5.41) is 11.1. The Labute approximate surface area is 81.8 Å². The third kappa shape index (κ3) is 1.40. The molecule has 0 amide bonds. The molecule has 0 atom stereocenters. The number of carbonyl (C=O) groups is 1. The van der Waals surface area contributed by atoms with E-state index in [9.17, 15) is 4.79 Å². The van der Waals surface area contributed by atoms with Crippen molar-refractivity contribution in [2.75, 3.05) is 0 Å². The smallest absolute Gasteiger partial charge is 0.150 e. The zero-order valence-electron chi connectivity index (χ0n) is 7.60. The van der Waals surface area contributed by atoms with E-state index in [0.717, 1.165) is 22.6 Å². The highest BCUT2D eigenvalue weighted by atomic mass is 16.3. The molecule has 0 aliphatic rings. The molecule has 2 aromatic rings. The van der Waals surface area contributed by atoms with Crippen LogP contribution in [0.25, 0.3) is 10.8 Å². The van der Waals surface area contributed by atoms with Gasteiger partial charge in [-0.25, -0.2) is 0 Å². The van der Waals surface area contributed by atoms with Gasteiger partial charge in [-0.15, -0.1) is 0 Å². The van der Waals surface area contributed by atoms with Gasteiger partial charge in [0.05, 0.1) is 6.61 Å². The fraction of sp³-hybridized carbons (Fsp3) is 0.0833. The summed E-state index contributed by atoms with van der Waals surface area (Å²) in [6.45, 7) is -0.0395. The summed E-state index contributed by atoms with van der Waals surface area (Å²) in [4.78, 5) is 10.6. The summed E-state index contributed by atoms with van der Waals surface area (Å²) in [5.74, 6) is 0. The monoisotopic (exact) mass is 186 g/mol. The van der Waals surface area contributed by atoms with Crippen LogP contribution in [0.15, 0.2) is 36.4 Å². The van der Waals surface area contributed by atoms with Gasteiger partial charge in [-0.3, -0.25) is 4.79 Å². The molecule has 2 aromatic carbocycles. The van der Waals surface area contributed by atoms with E-state index in [0.29, 0.717) is 5.56 Å². The Morgan fingerprint density at radius 1 is 1.21 bits per heavy atom. The second kappa shape index (κ2) is 3.60. The molecule has 0 aromatic heterocycles. The van der Waals surface area contributed by atoms with Crippen LogP contribution in [0.2, 0.25) is 0 Å². The molecule has 0 saturated carbocycles. The van der Waals surface area contributed by atoms with Crippen LogP contribution < -0.4 is 0 Å². The van der Waals surface area contributed by atoms with Crippen LogP contribution >= 0.6 is 0 Å². The normalized spacial score (nSPS) is 10.4. The van der Waals surface area contributed by atoms with E-state index >= 15 is 0 Å². The number of aliphatic hydroxyl groups is 1. The van der Waals surface area contributed by atoms with Crippen LogP contribution in [0, 0.1) is 0 Å². The lowest BCUT2D eigenvalue weighted by atomic mass is 10.0. The SMILES string of the molecule is O=Cc1cc(CO)c2ccccc2c1. The second-order valence-electron chi connectivity index (χ2n) is 3.18. The molecule has 2 heteroatoms. The van der Waals surface area contributed by atoms with Crippen molar-refractivity contribution in [3.63, 3.8) is 0 Å². The minimum atomic E-state index is -0.0395. The number of aldehydes is 1. The van der Waals surface area contributed by atoms with Crippen molar-refractivity contribution in [3.8, 4) is 0 Å². The first-order valence-electron chi connectivity index (χ1n) is 4.43. The molecular formula is C12H10O2. The molecule has 0 aliphatic heterocycles. The van der Waals surface area contributed by atoms with Gasteiger partial charge >= 0.3 is 0 Å². The number of benzene rings is 2. The first kappa shape index (κ1) is 8.91. The lowest BCUT2D eigenvalue weighted by Crippen LogP contribution is -1.89. The van der Waals surface area contributed by atoms with E-state index in [1.165, 1.54) is 0 Å². The highest BCUT2D eigenvalue weighted by Crippen LogP contribution is 2.20. The fourth-order valence-corrected chi connectivity index (χ4v) is 1.61. The van der Waals surface area contributed by atoms with E-state index in [1.54, 1.807) is 6.07 Å². The van der Waals surface area contributed by atoms with Crippen molar-refractivity contribution in [1.29, 1.82) is 0 Å². The molecule has 0 radical (unpaired) electrons. The molecule has 2 rings (SSSR count). The molecule has 14 heavy (non-hydrogen) atoms. The number of carbonyl (C=O) groups excluding carboxylic acids is 1. The minimum Gasteiger partial charge on any atom is -0.392 e. The summed E-state index contributed by atoms with van der Waals surface area (Å²) in [5.41, 5.74) is 1.40. The Balaban J connectivity index is 2.79. The Morgan fingerprint density at radius 3 is 2.71 bits per heavy atom. The number of fused-ring (bicyclic) bond motifs is 1. The van der Waals surface area contributed by atoms with Crippen LogP contribution in [-0.2, 0) is 6.61 Å². The van der Waals surface area contributed by atoms with Gasteiger partial charge in [0, 0.05) is 5.56 Å². The maximum atomic E-state index is 10.6. The van der Waals surface area contributed by atoms with Gasteiger partial charge in [0.15, 0.2) is 0 Å². The number of hydrogen-bond donors (Lipinski definition) is 1. The predicted molar refractivity (Wildman–Crippen MR) is 55.3 cm³/mol. The summed E-state index contributed by atoms with van der Waals surface area (Å²) in [6, 6.07) is 11.2. The van der Waals surface area contributed by atoms with E-state index in [2.05, 4.69) is 0 Å². The van der Waals surface area contributed by atoms with Gasteiger partial charge in [-0.05, 0) is 28.5 Å². The zero-order valence-corrected chi connectivity index (χ0v) is 7.60. The minimum absolute atomic E-state index is 0.0395. The van der Waals surface area contributed by atoms with Gasteiger partial charge in [0.1, 0.15) is 6.29 Å². The highest BCUT2D eigenvalue weighted by Gasteiger charge is 2.01. The van der Waals surface area contributed by atoms with Gasteiger partial charge in [0.2, 0.25) is 0 Å². The quantitative estimate of drug-likeness (QED) is 0.729. The van der Waals surface area contributed by atoms with Crippen molar-refractivity contribution in [2.24, 2.45) is 0 Å². The molecule has 0 fully saturated rings. The predicted octanol–water partition coefficient (Wildman–Crippen LogP) is 2.14. The van der Waals surface area contributed by atoms with Crippen molar-refractivity contribution in [1.82, 2.24) is 0 Å². The topological polar surface area (TPSA) is 37.3 Å². The first-order chi connectivity index (χ1) is 6.85. The molecular weight excluding hydrogens is 176 g/mol. The molecule has 70 valence electrons. The number of hydrogen-bond acceptors (Lipinski definition) is 2. The zero-order chi connectivity index (χ0) is 9.97. The summed E-state index contributed by atoms with van der Waals surface area (Å²) in [7, 11) is 0. The summed E-state index contributed by atoms with van der Waals surface area (Å²) < 4.78 is 0.